The van der Waals surface area contributed by atoms with Crippen molar-refractivity contribution in [3.05, 3.63) is 53.9 Å². The predicted octanol–water partition coefficient (Wildman–Crippen LogP) is 4.13. The summed E-state index contributed by atoms with van der Waals surface area (Å²) in [7, 11) is 1.39. The van der Waals surface area contributed by atoms with E-state index in [9.17, 15) is 14.4 Å². The first-order chi connectivity index (χ1) is 18.2. The van der Waals surface area contributed by atoms with Gasteiger partial charge in [0, 0.05) is 31.7 Å². The van der Waals surface area contributed by atoms with Crippen molar-refractivity contribution in [3.63, 3.8) is 0 Å². The average molecular weight is 527 g/mol. The molecule has 0 bridgehead atoms. The van der Waals surface area contributed by atoms with E-state index >= 15 is 0 Å². The van der Waals surface area contributed by atoms with E-state index in [2.05, 4.69) is 36.3 Å². The van der Waals surface area contributed by atoms with Gasteiger partial charge in [0.2, 0.25) is 5.75 Å². The smallest absolute Gasteiger partial charge is 0.328 e. The summed E-state index contributed by atoms with van der Waals surface area (Å²) in [5.74, 6) is -1.42. The second kappa shape index (κ2) is 13.9. The van der Waals surface area contributed by atoms with E-state index in [0.29, 0.717) is 38.2 Å². The van der Waals surface area contributed by atoms with Crippen LogP contribution < -0.4 is 14.8 Å². The SMILES string of the molecule is COc1ccnc(C(=O)NC2CCC[C@H](OCC(C)C)[C@@H](Cc3ccccc3)[C@H](C)OC2=O)c1OC(C)=O. The number of nitrogens with one attached hydrogen (secondary N) is 1. The molecule has 2 aromatic rings. The lowest BCUT2D eigenvalue weighted by atomic mass is 9.87. The molecular weight excluding hydrogens is 488 g/mol. The van der Waals surface area contributed by atoms with Crippen molar-refractivity contribution >= 4 is 17.8 Å². The van der Waals surface area contributed by atoms with Crippen molar-refractivity contribution in [2.75, 3.05) is 13.7 Å². The first-order valence-electron chi connectivity index (χ1n) is 13.1. The Morgan fingerprint density at radius 1 is 1.16 bits per heavy atom. The largest absolute Gasteiger partial charge is 0.493 e. The molecule has 1 aliphatic rings. The molecule has 1 aliphatic heterocycles. The Kier molecular flexibility index (Phi) is 10.6. The third kappa shape index (κ3) is 8.02. The number of hydrogen-bond donors (Lipinski definition) is 1. The van der Waals surface area contributed by atoms with Gasteiger partial charge < -0.3 is 24.3 Å². The van der Waals surface area contributed by atoms with Gasteiger partial charge >= 0.3 is 11.9 Å². The van der Waals surface area contributed by atoms with Gasteiger partial charge in [-0.1, -0.05) is 44.2 Å². The topological polar surface area (TPSA) is 113 Å². The summed E-state index contributed by atoms with van der Waals surface area (Å²) in [5.41, 5.74) is 0.991. The minimum Gasteiger partial charge on any atom is -0.493 e. The van der Waals surface area contributed by atoms with Crippen molar-refractivity contribution in [1.29, 1.82) is 0 Å². The third-order valence-corrected chi connectivity index (χ3v) is 6.46. The highest BCUT2D eigenvalue weighted by Crippen LogP contribution is 2.31. The monoisotopic (exact) mass is 526 g/mol. The Hall–Kier alpha value is -3.46. The minimum absolute atomic E-state index is 0.0508. The van der Waals surface area contributed by atoms with Gasteiger partial charge in [0.05, 0.1) is 13.2 Å². The van der Waals surface area contributed by atoms with Gasteiger partial charge in [-0.3, -0.25) is 9.59 Å². The maximum atomic E-state index is 13.2. The summed E-state index contributed by atoms with van der Waals surface area (Å²) in [4.78, 5) is 42.1. The van der Waals surface area contributed by atoms with E-state index in [0.717, 1.165) is 5.56 Å². The molecule has 3 rings (SSSR count). The second-order valence-corrected chi connectivity index (χ2v) is 10.0. The Morgan fingerprint density at radius 2 is 1.89 bits per heavy atom. The number of benzene rings is 1. The van der Waals surface area contributed by atoms with Crippen molar-refractivity contribution in [3.8, 4) is 11.5 Å². The van der Waals surface area contributed by atoms with Crippen LogP contribution in [-0.4, -0.2) is 54.8 Å². The Labute approximate surface area is 224 Å². The number of carbonyl (C=O) groups excluding carboxylic acids is 3. The number of nitrogens with zero attached hydrogens (tertiary/aromatic N) is 1. The fourth-order valence-corrected chi connectivity index (χ4v) is 4.57. The van der Waals surface area contributed by atoms with E-state index in [1.807, 2.05) is 25.1 Å². The van der Waals surface area contributed by atoms with E-state index in [1.54, 1.807) is 0 Å². The summed E-state index contributed by atoms with van der Waals surface area (Å²) >= 11 is 0. The molecule has 1 saturated heterocycles. The molecule has 0 radical (unpaired) electrons. The lowest BCUT2D eigenvalue weighted by Gasteiger charge is -2.32. The molecule has 1 aromatic carbocycles. The molecule has 1 amide bonds. The van der Waals surface area contributed by atoms with Crippen LogP contribution in [-0.2, 0) is 25.5 Å². The fourth-order valence-electron chi connectivity index (χ4n) is 4.57. The van der Waals surface area contributed by atoms with Crippen LogP contribution in [0.1, 0.15) is 63.0 Å². The van der Waals surface area contributed by atoms with Gasteiger partial charge in [-0.15, -0.1) is 0 Å². The zero-order valence-electron chi connectivity index (χ0n) is 22.8. The van der Waals surface area contributed by atoms with Crippen LogP contribution in [0.4, 0.5) is 0 Å². The molecule has 1 aromatic heterocycles. The summed E-state index contributed by atoms with van der Waals surface area (Å²) < 4.78 is 22.7. The number of methoxy groups -OCH3 is 1. The molecule has 1 N–H and O–H groups in total. The van der Waals surface area contributed by atoms with Crippen LogP contribution in [0.2, 0.25) is 0 Å². The molecule has 2 heterocycles. The maximum absolute atomic E-state index is 13.2. The molecule has 1 fully saturated rings. The lowest BCUT2D eigenvalue weighted by Crippen LogP contribution is -2.44. The zero-order chi connectivity index (χ0) is 27.7. The van der Waals surface area contributed by atoms with E-state index in [-0.39, 0.29) is 29.2 Å². The van der Waals surface area contributed by atoms with Crippen LogP contribution in [0.15, 0.2) is 42.6 Å². The van der Waals surface area contributed by atoms with Gasteiger partial charge in [-0.2, -0.15) is 0 Å². The molecule has 9 heteroatoms. The number of esters is 2. The number of aromatic nitrogens is 1. The number of hydrogen-bond acceptors (Lipinski definition) is 8. The second-order valence-electron chi connectivity index (χ2n) is 10.0. The van der Waals surface area contributed by atoms with Gasteiger partial charge in [-0.25, -0.2) is 9.78 Å². The van der Waals surface area contributed by atoms with Crippen LogP contribution in [0.5, 0.6) is 11.5 Å². The van der Waals surface area contributed by atoms with Crippen molar-refractivity contribution in [2.45, 2.75) is 71.6 Å². The Bertz CT molecular complexity index is 1090. The highest BCUT2D eigenvalue weighted by Gasteiger charge is 2.35. The number of rotatable bonds is 9. The van der Waals surface area contributed by atoms with E-state index < -0.39 is 30.0 Å². The molecule has 206 valence electrons. The molecule has 9 nitrogen and oxygen atoms in total. The van der Waals surface area contributed by atoms with Gasteiger partial charge in [-0.05, 0) is 44.1 Å². The summed E-state index contributed by atoms with van der Waals surface area (Å²) in [6, 6.07) is 10.7. The molecule has 38 heavy (non-hydrogen) atoms. The van der Waals surface area contributed by atoms with Crippen molar-refractivity contribution in [1.82, 2.24) is 10.3 Å². The lowest BCUT2D eigenvalue weighted by molar-refractivity contribution is -0.155. The quantitative estimate of drug-likeness (QED) is 0.486. The number of pyridine rings is 1. The predicted molar refractivity (Wildman–Crippen MR) is 141 cm³/mol. The molecule has 1 unspecified atom stereocenters. The van der Waals surface area contributed by atoms with Crippen molar-refractivity contribution < 1.29 is 33.3 Å². The summed E-state index contributed by atoms with van der Waals surface area (Å²) in [6.07, 6.45) is 3.25. The van der Waals surface area contributed by atoms with Crippen LogP contribution in [0.25, 0.3) is 0 Å². The first kappa shape index (κ1) is 29.1. The number of cyclic esters (lactones) is 1. The normalized spacial score (nSPS) is 22.0. The summed E-state index contributed by atoms with van der Waals surface area (Å²) in [5, 5.41) is 2.73. The van der Waals surface area contributed by atoms with Crippen LogP contribution in [0.3, 0.4) is 0 Å². The number of carbonyl (C=O) groups is 3. The highest BCUT2D eigenvalue weighted by atomic mass is 16.6. The first-order valence-corrected chi connectivity index (χ1v) is 13.1. The molecular formula is C29H38N2O7. The number of ether oxygens (including phenoxy) is 4. The molecule has 0 spiro atoms. The van der Waals surface area contributed by atoms with Crippen LogP contribution >= 0.6 is 0 Å². The number of amides is 1. The standard InChI is InChI=1S/C29H38N2O7/c1-18(2)17-36-24-13-9-12-23(29(34)37-19(3)22(24)16-21-10-7-6-8-11-21)31-28(33)26-27(38-20(4)32)25(35-5)14-15-30-26/h6-8,10-11,14-15,18-19,22-24H,9,12-13,16-17H2,1-5H3,(H,31,33)/t19-,22-,23?,24-/m0/s1. The van der Waals surface area contributed by atoms with Crippen LogP contribution in [0, 0.1) is 11.8 Å². The van der Waals surface area contributed by atoms with E-state index in [4.69, 9.17) is 18.9 Å². The molecule has 4 atom stereocenters. The third-order valence-electron chi connectivity index (χ3n) is 6.46. The van der Waals surface area contributed by atoms with Gasteiger partial charge in [0.25, 0.3) is 5.91 Å². The maximum Gasteiger partial charge on any atom is 0.328 e. The summed E-state index contributed by atoms with van der Waals surface area (Å²) in [6.45, 7) is 7.91. The highest BCUT2D eigenvalue weighted by molar-refractivity contribution is 5.98. The average Bonchev–Trinajstić information content (AvgIpc) is 2.93. The fraction of sp³-hybridized carbons (Fsp3) is 0.517. The van der Waals surface area contributed by atoms with E-state index in [1.165, 1.54) is 26.3 Å². The molecule has 0 aliphatic carbocycles. The Morgan fingerprint density at radius 3 is 2.55 bits per heavy atom. The minimum atomic E-state index is -0.899. The van der Waals surface area contributed by atoms with Gasteiger partial charge in [0.15, 0.2) is 11.4 Å². The zero-order valence-corrected chi connectivity index (χ0v) is 22.8. The molecule has 0 saturated carbocycles. The Balaban J connectivity index is 1.81. The van der Waals surface area contributed by atoms with Gasteiger partial charge in [0.1, 0.15) is 12.1 Å². The van der Waals surface area contributed by atoms with Crippen molar-refractivity contribution in [2.24, 2.45) is 11.8 Å².